The maximum absolute atomic E-state index is 2.28. The van der Waals surface area contributed by atoms with Crippen molar-refractivity contribution in [2.75, 3.05) is 0 Å². The van der Waals surface area contributed by atoms with Crippen LogP contribution in [-0.4, -0.2) is 0 Å². The summed E-state index contributed by atoms with van der Waals surface area (Å²) in [6.07, 6.45) is 0. The fourth-order valence-electron chi connectivity index (χ4n) is 18.4. The van der Waals surface area contributed by atoms with Crippen molar-refractivity contribution in [2.45, 2.75) is 48.5 Å². The van der Waals surface area contributed by atoms with Crippen molar-refractivity contribution in [3.8, 4) is 178 Å². The third-order valence-electron chi connectivity index (χ3n) is 26.3. The summed E-state index contributed by atoms with van der Waals surface area (Å²) in [4.78, 5) is 0. The van der Waals surface area contributed by atoms with E-state index in [1.54, 1.807) is 0 Å². The van der Waals surface area contributed by atoms with Gasteiger partial charge in [0.05, 0.1) is 0 Å². The Kier molecular flexibility index (Phi) is 34.2. The molecule has 0 saturated heterocycles. The van der Waals surface area contributed by atoms with Gasteiger partial charge in [0.25, 0.3) is 0 Å². The van der Waals surface area contributed by atoms with Crippen molar-refractivity contribution in [2.24, 2.45) is 0 Å². The molecule has 0 aliphatic carbocycles. The zero-order valence-electron chi connectivity index (χ0n) is 83.7. The van der Waals surface area contributed by atoms with Gasteiger partial charge in [0.1, 0.15) is 0 Å². The van der Waals surface area contributed by atoms with E-state index < -0.39 is 0 Å². The second kappa shape index (κ2) is 50.3. The van der Waals surface area contributed by atoms with Gasteiger partial charge in [-0.2, -0.15) is 0 Å². The quantitative estimate of drug-likeness (QED) is 0.0904. The standard InChI is InChI=1S/2C25H20.5C19H16/c1-19-9-5-6-12-23(19)25-14-8-7-13-24(25)22-17-15-21(16-18-22)20-10-3-2-4-11-20;1-19-11-13-22(14-12-19)24-9-5-6-10-25(24)23-17-15-21(16-18-23)20-7-3-2-4-8-20;1-15-18(16-9-4-2-5-10-16)13-8-14-19(15)17-11-6-3-7-12-17;1-15-12-18(16-8-4-2-5-9-16)14-19(13-15)17-10-6-3-7-11-17;1-15-12-13-18(16-8-4-2-5-9-16)14-19(15)17-10-6-3-7-11-17;1-15-8-5-6-13-19(15)18-12-7-11-17(14-18)16-9-3-2-4-10-16;1-15-10-12-17(13-11-15)19-9-5-8-18(14-19)16-6-3-2-4-7-16/h2*2-18H,1H3;5*2-14H,1H3. The van der Waals surface area contributed by atoms with Gasteiger partial charge in [-0.15, -0.1) is 0 Å². The molecule has 0 heterocycles. The smallest absolute Gasteiger partial charge is 0.0103 e. The van der Waals surface area contributed by atoms with Crippen LogP contribution in [0.15, 0.2) is 601 Å². The summed E-state index contributed by atoms with van der Waals surface area (Å²) in [7, 11) is 0. The minimum Gasteiger partial charge on any atom is -0.0622 e. The van der Waals surface area contributed by atoms with E-state index in [0.717, 1.165) is 0 Å². The van der Waals surface area contributed by atoms with E-state index in [0.29, 0.717) is 0 Å². The molecule has 0 nitrogen and oxygen atoms in total. The minimum atomic E-state index is 1.25. The van der Waals surface area contributed by atoms with Gasteiger partial charge < -0.3 is 0 Å². The molecule has 0 spiro atoms. The molecular weight excluding hydrogens is 1740 g/mol. The van der Waals surface area contributed by atoms with Crippen molar-refractivity contribution in [3.05, 3.63) is 640 Å². The highest BCUT2D eigenvalue weighted by atomic mass is 14.2. The first-order valence-electron chi connectivity index (χ1n) is 50.1. The maximum Gasteiger partial charge on any atom is -0.0103 e. The summed E-state index contributed by atoms with van der Waals surface area (Å²) in [5.41, 5.74) is 49.8. The van der Waals surface area contributed by atoms with Crippen LogP contribution in [0, 0.1) is 48.5 Å². The predicted octanol–water partition coefficient (Wildman–Crippen LogP) is 40.6. The average molecular weight is 1860 g/mol. The lowest BCUT2D eigenvalue weighted by Gasteiger charge is -2.13. The van der Waals surface area contributed by atoms with Gasteiger partial charge in [-0.3, -0.25) is 0 Å². The van der Waals surface area contributed by atoms with Crippen molar-refractivity contribution in [1.82, 2.24) is 0 Å². The van der Waals surface area contributed by atoms with Gasteiger partial charge in [-0.1, -0.05) is 587 Å². The number of hydrogen-bond donors (Lipinski definition) is 0. The Morgan fingerprint density at radius 1 is 0.0828 bits per heavy atom. The lowest BCUT2D eigenvalue weighted by atomic mass is 9.91. The summed E-state index contributed by atoms with van der Waals surface area (Å²) in [5, 5.41) is 0. The fourth-order valence-corrected chi connectivity index (χ4v) is 18.4. The van der Waals surface area contributed by atoms with E-state index in [2.05, 4.69) is 643 Å². The molecule has 0 aromatic heterocycles. The van der Waals surface area contributed by atoms with E-state index in [-0.39, 0.29) is 0 Å². The van der Waals surface area contributed by atoms with E-state index in [1.165, 1.54) is 217 Å². The Morgan fingerprint density at radius 2 is 0.269 bits per heavy atom. The van der Waals surface area contributed by atoms with Crippen LogP contribution in [-0.2, 0) is 0 Å². The summed E-state index contributed by atoms with van der Waals surface area (Å²) in [5.74, 6) is 0. The zero-order chi connectivity index (χ0) is 99.5. The Balaban J connectivity index is 0.000000116. The molecule has 0 saturated carbocycles. The number of rotatable bonds is 16. The van der Waals surface area contributed by atoms with Crippen molar-refractivity contribution >= 4 is 0 Å². The first kappa shape index (κ1) is 98.7. The van der Waals surface area contributed by atoms with Crippen LogP contribution >= 0.6 is 0 Å². The molecule has 0 heteroatoms. The highest BCUT2D eigenvalue weighted by Gasteiger charge is 2.15. The maximum atomic E-state index is 2.28. The predicted molar refractivity (Wildman–Crippen MR) is 625 cm³/mol. The molecule has 0 N–H and O–H groups in total. The van der Waals surface area contributed by atoms with Crippen LogP contribution in [0.3, 0.4) is 0 Å². The average Bonchev–Trinajstić information content (AvgIpc) is 0.814. The Hall–Kier alpha value is -17.9. The molecule has 145 heavy (non-hydrogen) atoms. The lowest BCUT2D eigenvalue weighted by Crippen LogP contribution is -1.88. The van der Waals surface area contributed by atoms with Gasteiger partial charge in [-0.05, 0) is 279 Å². The molecule has 0 aliphatic heterocycles. The van der Waals surface area contributed by atoms with Crippen LogP contribution in [0.5, 0.6) is 0 Å². The summed E-state index contributed by atoms with van der Waals surface area (Å²) < 4.78 is 0. The van der Waals surface area contributed by atoms with Crippen LogP contribution in [0.1, 0.15) is 38.9 Å². The molecule has 0 radical (unpaired) electrons. The second-order valence-corrected chi connectivity index (χ2v) is 36.5. The summed E-state index contributed by atoms with van der Waals surface area (Å²) >= 11 is 0. The van der Waals surface area contributed by atoms with Crippen LogP contribution in [0.2, 0.25) is 0 Å². The molecule has 23 aromatic rings. The Morgan fingerprint density at radius 3 is 0.621 bits per heavy atom. The molecule has 0 bridgehead atoms. The topological polar surface area (TPSA) is 0 Å². The van der Waals surface area contributed by atoms with Gasteiger partial charge in [0.15, 0.2) is 0 Å². The molecule has 0 fully saturated rings. The van der Waals surface area contributed by atoms with Crippen molar-refractivity contribution in [3.63, 3.8) is 0 Å². The Labute approximate surface area is 859 Å². The molecule has 700 valence electrons. The fraction of sp³-hybridized carbons (Fsp3) is 0.0483. The molecule has 0 aliphatic rings. The molecule has 0 unspecified atom stereocenters. The molecule has 23 aromatic carbocycles. The number of aryl methyl sites for hydroxylation is 6. The Bertz CT molecular complexity index is 7800. The second-order valence-electron chi connectivity index (χ2n) is 36.5. The molecular formula is C145H120. The van der Waals surface area contributed by atoms with Crippen molar-refractivity contribution in [1.29, 1.82) is 0 Å². The highest BCUT2D eigenvalue weighted by molar-refractivity contribution is 5.88. The van der Waals surface area contributed by atoms with Crippen LogP contribution in [0.4, 0.5) is 0 Å². The van der Waals surface area contributed by atoms with Crippen LogP contribution < -0.4 is 0 Å². The minimum absolute atomic E-state index is 1.25. The largest absolute Gasteiger partial charge is 0.0622 e. The van der Waals surface area contributed by atoms with Crippen molar-refractivity contribution < 1.29 is 0 Å². The molecule has 0 atom stereocenters. The monoisotopic (exact) mass is 1860 g/mol. The first-order chi connectivity index (χ1) is 71.3. The SMILES string of the molecule is Cc1c(-c2ccccc2)cccc1-c1ccccc1.Cc1cc(-c2ccccc2)cc(-c2ccccc2)c1.Cc1ccc(-c2cccc(-c3ccccc3)c2)cc1.Cc1ccc(-c2ccccc2)cc1-c1ccccc1.Cc1ccc(-c2ccccc2-c2ccc(-c3ccccc3)cc2)cc1.Cc1ccccc1-c1cccc(-c2ccccc2)c1.Cc1ccccc1-c1ccccc1-c1ccc(-c2ccccc2)cc1. The third-order valence-corrected chi connectivity index (χ3v) is 26.3. The molecule has 0 amide bonds. The van der Waals surface area contributed by atoms with Gasteiger partial charge in [0, 0.05) is 0 Å². The molecule has 23 rings (SSSR count). The van der Waals surface area contributed by atoms with Gasteiger partial charge >= 0.3 is 0 Å². The summed E-state index contributed by atoms with van der Waals surface area (Å²) in [6.45, 7) is 15.1. The summed E-state index contributed by atoms with van der Waals surface area (Å²) in [6, 6.07) is 212. The number of hydrogen-bond acceptors (Lipinski definition) is 0. The highest BCUT2D eigenvalue weighted by Crippen LogP contribution is 2.40. The lowest BCUT2D eigenvalue weighted by molar-refractivity contribution is 1.45. The third kappa shape index (κ3) is 26.8. The van der Waals surface area contributed by atoms with Crippen LogP contribution in [0.25, 0.3) is 178 Å². The zero-order valence-corrected chi connectivity index (χ0v) is 83.7. The van der Waals surface area contributed by atoms with E-state index in [9.17, 15) is 0 Å². The first-order valence-corrected chi connectivity index (χ1v) is 50.1. The van der Waals surface area contributed by atoms with E-state index in [1.807, 2.05) is 6.07 Å². The van der Waals surface area contributed by atoms with E-state index >= 15 is 0 Å². The normalized spacial score (nSPS) is 10.4. The number of benzene rings is 23. The van der Waals surface area contributed by atoms with E-state index in [4.69, 9.17) is 0 Å². The van der Waals surface area contributed by atoms with Gasteiger partial charge in [-0.25, -0.2) is 0 Å². The van der Waals surface area contributed by atoms with Gasteiger partial charge in [0.2, 0.25) is 0 Å².